The molecule has 1 heterocycles. The van der Waals surface area contributed by atoms with Gasteiger partial charge in [-0.1, -0.05) is 41.9 Å². The molecule has 5 heteroatoms. The van der Waals surface area contributed by atoms with Crippen molar-refractivity contribution in [3.63, 3.8) is 0 Å². The summed E-state index contributed by atoms with van der Waals surface area (Å²) in [5.74, 6) is -0.465. The number of aromatic nitrogens is 1. The number of hydrogen-bond acceptors (Lipinski definition) is 2. The number of benzene rings is 2. The smallest absolute Gasteiger partial charge is 0.261 e. The van der Waals surface area contributed by atoms with Crippen molar-refractivity contribution in [3.05, 3.63) is 87.8 Å². The number of carbonyl (C=O) groups excluding carboxylic acids is 1. The van der Waals surface area contributed by atoms with Gasteiger partial charge in [0.15, 0.2) is 0 Å². The first-order valence-corrected chi connectivity index (χ1v) is 7.37. The van der Waals surface area contributed by atoms with Gasteiger partial charge in [0.2, 0.25) is 0 Å². The van der Waals surface area contributed by atoms with Crippen LogP contribution >= 0.6 is 11.6 Å². The monoisotopic (exact) mass is 324 g/mol. The molecule has 2 aromatic carbocycles. The molecule has 4 nitrogen and oxygen atoms in total. The third kappa shape index (κ3) is 3.33. The number of rotatable bonds is 3. The van der Waals surface area contributed by atoms with E-state index in [1.165, 1.54) is 6.20 Å². The van der Waals surface area contributed by atoms with Crippen molar-refractivity contribution in [2.45, 2.75) is 0 Å². The average Bonchev–Trinajstić information content (AvgIpc) is 2.57. The van der Waals surface area contributed by atoms with Gasteiger partial charge in [0.1, 0.15) is 5.56 Å². The Balaban J connectivity index is 2.00. The van der Waals surface area contributed by atoms with Crippen LogP contribution in [-0.4, -0.2) is 10.9 Å². The van der Waals surface area contributed by atoms with E-state index in [0.717, 1.165) is 5.56 Å². The summed E-state index contributed by atoms with van der Waals surface area (Å²) in [7, 11) is 0. The largest absolute Gasteiger partial charge is 0.328 e. The second-order valence-electron chi connectivity index (χ2n) is 4.92. The normalized spacial score (nSPS) is 10.3. The zero-order valence-electron chi connectivity index (χ0n) is 12.0. The highest BCUT2D eigenvalue weighted by molar-refractivity contribution is 6.30. The molecule has 0 unspecified atom stereocenters. The molecule has 0 saturated carbocycles. The van der Waals surface area contributed by atoms with Crippen molar-refractivity contribution in [1.29, 1.82) is 0 Å². The van der Waals surface area contributed by atoms with E-state index in [1.54, 1.807) is 30.3 Å². The van der Waals surface area contributed by atoms with Gasteiger partial charge in [-0.05, 0) is 35.9 Å². The fourth-order valence-corrected chi connectivity index (χ4v) is 2.42. The molecule has 3 rings (SSSR count). The van der Waals surface area contributed by atoms with Crippen molar-refractivity contribution in [3.8, 4) is 11.1 Å². The predicted octanol–water partition coefficient (Wildman–Crippen LogP) is 3.95. The Hall–Kier alpha value is -2.85. The van der Waals surface area contributed by atoms with Gasteiger partial charge in [-0.3, -0.25) is 9.59 Å². The van der Waals surface area contributed by atoms with Crippen molar-refractivity contribution < 1.29 is 4.79 Å². The minimum absolute atomic E-state index is 0.0775. The first-order valence-electron chi connectivity index (χ1n) is 6.99. The quantitative estimate of drug-likeness (QED) is 0.766. The van der Waals surface area contributed by atoms with Gasteiger partial charge in [0, 0.05) is 22.5 Å². The third-order valence-corrected chi connectivity index (χ3v) is 3.63. The zero-order valence-corrected chi connectivity index (χ0v) is 12.8. The number of carbonyl (C=O) groups is 1. The van der Waals surface area contributed by atoms with Crippen LogP contribution in [-0.2, 0) is 0 Å². The van der Waals surface area contributed by atoms with Crippen LogP contribution in [0.5, 0.6) is 0 Å². The maximum absolute atomic E-state index is 12.5. The molecule has 0 bridgehead atoms. The first-order chi connectivity index (χ1) is 11.1. The first kappa shape index (κ1) is 15.1. The summed E-state index contributed by atoms with van der Waals surface area (Å²) in [6, 6.07) is 17.7. The second-order valence-corrected chi connectivity index (χ2v) is 5.36. The van der Waals surface area contributed by atoms with E-state index in [0.29, 0.717) is 16.3 Å². The van der Waals surface area contributed by atoms with Gasteiger partial charge in [0.05, 0.1) is 0 Å². The molecule has 0 radical (unpaired) electrons. The molecular weight excluding hydrogens is 312 g/mol. The lowest BCUT2D eigenvalue weighted by Crippen LogP contribution is -2.24. The van der Waals surface area contributed by atoms with E-state index in [4.69, 9.17) is 11.6 Å². The fraction of sp³-hybridized carbons (Fsp3) is 0. The van der Waals surface area contributed by atoms with E-state index in [-0.39, 0.29) is 5.56 Å². The summed E-state index contributed by atoms with van der Waals surface area (Å²) >= 11 is 5.83. The standard InChI is InChI=1S/C18H13ClN2O2/c19-13-6-8-14(9-7-13)21-18(23)16-15(10-11-20-17(16)22)12-4-2-1-3-5-12/h1-11H,(H,20,22)(H,21,23). The topological polar surface area (TPSA) is 62.0 Å². The molecule has 23 heavy (non-hydrogen) atoms. The van der Waals surface area contributed by atoms with Crippen LogP contribution in [0.1, 0.15) is 10.4 Å². The molecule has 1 aromatic heterocycles. The molecule has 0 atom stereocenters. The van der Waals surface area contributed by atoms with E-state index in [9.17, 15) is 9.59 Å². The van der Waals surface area contributed by atoms with Crippen LogP contribution in [0.3, 0.4) is 0 Å². The Bertz CT molecular complexity index is 887. The van der Waals surface area contributed by atoms with Gasteiger partial charge in [-0.2, -0.15) is 0 Å². The number of nitrogens with one attached hydrogen (secondary N) is 2. The minimum Gasteiger partial charge on any atom is -0.328 e. The van der Waals surface area contributed by atoms with Crippen LogP contribution in [0.2, 0.25) is 5.02 Å². The Labute approximate surface area is 137 Å². The molecule has 0 saturated heterocycles. The number of halogens is 1. The van der Waals surface area contributed by atoms with Crippen molar-refractivity contribution in [2.75, 3.05) is 5.32 Å². The molecular formula is C18H13ClN2O2. The summed E-state index contributed by atoms with van der Waals surface area (Å²) < 4.78 is 0. The number of aromatic amines is 1. The SMILES string of the molecule is O=C(Nc1ccc(Cl)cc1)c1c(-c2ccccc2)cc[nH]c1=O. The van der Waals surface area contributed by atoms with Crippen molar-refractivity contribution in [2.24, 2.45) is 0 Å². The molecule has 114 valence electrons. The van der Waals surface area contributed by atoms with Gasteiger partial charge in [-0.25, -0.2) is 0 Å². The Morgan fingerprint density at radius 2 is 1.65 bits per heavy atom. The minimum atomic E-state index is -0.465. The molecule has 0 fully saturated rings. The number of hydrogen-bond donors (Lipinski definition) is 2. The summed E-state index contributed by atoms with van der Waals surface area (Å²) in [6.45, 7) is 0. The highest BCUT2D eigenvalue weighted by Crippen LogP contribution is 2.22. The molecule has 0 aliphatic carbocycles. The zero-order chi connectivity index (χ0) is 16.2. The molecule has 0 aliphatic heterocycles. The summed E-state index contributed by atoms with van der Waals surface area (Å²) in [5, 5.41) is 3.29. The van der Waals surface area contributed by atoms with Crippen LogP contribution in [0.15, 0.2) is 71.7 Å². The van der Waals surface area contributed by atoms with Crippen LogP contribution < -0.4 is 10.9 Å². The number of H-pyrrole nitrogens is 1. The van der Waals surface area contributed by atoms with Crippen LogP contribution in [0, 0.1) is 0 Å². The maximum Gasteiger partial charge on any atom is 0.261 e. The van der Waals surface area contributed by atoms with E-state index in [2.05, 4.69) is 10.3 Å². The van der Waals surface area contributed by atoms with Gasteiger partial charge in [0.25, 0.3) is 11.5 Å². The van der Waals surface area contributed by atoms with Crippen LogP contribution in [0.4, 0.5) is 5.69 Å². The Morgan fingerprint density at radius 1 is 0.957 bits per heavy atom. The lowest BCUT2D eigenvalue weighted by Gasteiger charge is -2.09. The fourth-order valence-electron chi connectivity index (χ4n) is 2.29. The Kier molecular flexibility index (Phi) is 4.26. The van der Waals surface area contributed by atoms with Crippen molar-refractivity contribution in [1.82, 2.24) is 4.98 Å². The van der Waals surface area contributed by atoms with Gasteiger partial charge < -0.3 is 10.3 Å². The van der Waals surface area contributed by atoms with Crippen LogP contribution in [0.25, 0.3) is 11.1 Å². The third-order valence-electron chi connectivity index (χ3n) is 3.37. The van der Waals surface area contributed by atoms with E-state index >= 15 is 0 Å². The molecule has 0 aliphatic rings. The summed E-state index contributed by atoms with van der Waals surface area (Å²) in [6.07, 6.45) is 1.53. The average molecular weight is 325 g/mol. The lowest BCUT2D eigenvalue weighted by atomic mass is 10.0. The number of pyridine rings is 1. The highest BCUT2D eigenvalue weighted by Gasteiger charge is 2.17. The summed E-state index contributed by atoms with van der Waals surface area (Å²) in [5.41, 5.74) is 1.61. The van der Waals surface area contributed by atoms with Crippen molar-refractivity contribution >= 4 is 23.2 Å². The lowest BCUT2D eigenvalue weighted by molar-refractivity contribution is 0.102. The van der Waals surface area contributed by atoms with Gasteiger partial charge >= 0.3 is 0 Å². The molecule has 0 spiro atoms. The number of amides is 1. The van der Waals surface area contributed by atoms with E-state index < -0.39 is 11.5 Å². The predicted molar refractivity (Wildman–Crippen MR) is 91.9 cm³/mol. The van der Waals surface area contributed by atoms with Gasteiger partial charge in [-0.15, -0.1) is 0 Å². The Morgan fingerprint density at radius 3 is 2.35 bits per heavy atom. The highest BCUT2D eigenvalue weighted by atomic mass is 35.5. The molecule has 2 N–H and O–H groups in total. The molecule has 1 amide bonds. The van der Waals surface area contributed by atoms with E-state index in [1.807, 2.05) is 30.3 Å². The summed E-state index contributed by atoms with van der Waals surface area (Å²) in [4.78, 5) is 27.3. The molecule has 3 aromatic rings. The maximum atomic E-state index is 12.5. The second kappa shape index (κ2) is 6.50. The number of anilines is 1.